The largest absolute Gasteiger partial charge is 0.493 e. The van der Waals surface area contributed by atoms with Crippen LogP contribution >= 0.6 is 0 Å². The molecule has 0 spiro atoms. The Morgan fingerprint density at radius 2 is 1.86 bits per heavy atom. The summed E-state index contributed by atoms with van der Waals surface area (Å²) in [5.74, 6) is 0.773. The molecule has 0 radical (unpaired) electrons. The molecule has 0 saturated heterocycles. The summed E-state index contributed by atoms with van der Waals surface area (Å²) in [5.41, 5.74) is -2.58. The molecular formula is C19H16F3N3O3. The average molecular weight is 391 g/mol. The third kappa shape index (κ3) is 3.51. The van der Waals surface area contributed by atoms with Crippen LogP contribution in [0, 0.1) is 5.92 Å². The first kappa shape index (κ1) is 18.3. The summed E-state index contributed by atoms with van der Waals surface area (Å²) in [4.78, 5) is 20.2. The second kappa shape index (κ2) is 6.81. The summed E-state index contributed by atoms with van der Waals surface area (Å²) in [6.07, 6.45) is -1.28. The van der Waals surface area contributed by atoms with Crippen molar-refractivity contribution in [2.24, 2.45) is 5.92 Å². The molecular weight excluding hydrogens is 375 g/mol. The molecule has 0 bridgehead atoms. The second-order valence-electron chi connectivity index (χ2n) is 6.56. The highest BCUT2D eigenvalue weighted by Crippen LogP contribution is 2.35. The van der Waals surface area contributed by atoms with Crippen molar-refractivity contribution >= 4 is 5.78 Å². The number of hydrogen-bond acceptors (Lipinski definition) is 5. The Balaban J connectivity index is 1.82. The molecule has 28 heavy (non-hydrogen) atoms. The standard InChI is InChI=1S/C19H16F3N3O3/c1-27-14-8-9-25-17(26)15(16(19(20,21)22)24-18(25)23-14)12-4-6-13(7-5-12)28-10-11-2-3-11/h4-9,11H,2-3,10H2,1H3. The van der Waals surface area contributed by atoms with E-state index in [0.29, 0.717) is 18.3 Å². The van der Waals surface area contributed by atoms with Crippen LogP contribution in [-0.2, 0) is 6.18 Å². The van der Waals surface area contributed by atoms with Crippen molar-refractivity contribution < 1.29 is 22.6 Å². The Bertz CT molecular complexity index is 1070. The maximum atomic E-state index is 13.6. The minimum atomic E-state index is -4.82. The van der Waals surface area contributed by atoms with Crippen LogP contribution in [0.1, 0.15) is 18.5 Å². The van der Waals surface area contributed by atoms with Crippen LogP contribution in [0.2, 0.25) is 0 Å². The number of fused-ring (bicyclic) bond motifs is 1. The number of aromatic nitrogens is 3. The van der Waals surface area contributed by atoms with Gasteiger partial charge in [0.05, 0.1) is 19.3 Å². The molecule has 1 aliphatic rings. The van der Waals surface area contributed by atoms with Crippen LogP contribution in [0.25, 0.3) is 16.9 Å². The van der Waals surface area contributed by atoms with Crippen LogP contribution in [0.4, 0.5) is 13.2 Å². The Labute approximate surface area is 157 Å². The number of ether oxygens (including phenoxy) is 2. The van der Waals surface area contributed by atoms with Crippen LogP contribution in [0.5, 0.6) is 11.6 Å². The summed E-state index contributed by atoms with van der Waals surface area (Å²) in [5, 5.41) is 0. The lowest BCUT2D eigenvalue weighted by molar-refractivity contribution is -0.140. The Kier molecular flexibility index (Phi) is 4.44. The van der Waals surface area contributed by atoms with Crippen molar-refractivity contribution in [3.63, 3.8) is 0 Å². The third-order valence-corrected chi connectivity index (χ3v) is 4.48. The molecule has 1 aromatic carbocycles. The number of alkyl halides is 3. The topological polar surface area (TPSA) is 65.7 Å². The van der Waals surface area contributed by atoms with Gasteiger partial charge in [-0.1, -0.05) is 12.1 Å². The Morgan fingerprint density at radius 1 is 1.14 bits per heavy atom. The average Bonchev–Trinajstić information content (AvgIpc) is 3.50. The van der Waals surface area contributed by atoms with Gasteiger partial charge in [0, 0.05) is 12.3 Å². The molecule has 6 nitrogen and oxygen atoms in total. The van der Waals surface area contributed by atoms with Crippen molar-refractivity contribution in [2.75, 3.05) is 13.7 Å². The first-order chi connectivity index (χ1) is 13.4. The molecule has 0 amide bonds. The van der Waals surface area contributed by atoms with E-state index in [1.54, 1.807) is 12.1 Å². The lowest BCUT2D eigenvalue weighted by Gasteiger charge is -2.14. The van der Waals surface area contributed by atoms with Gasteiger partial charge < -0.3 is 9.47 Å². The number of rotatable bonds is 5. The molecule has 0 aliphatic heterocycles. The zero-order chi connectivity index (χ0) is 19.9. The molecule has 1 saturated carbocycles. The maximum absolute atomic E-state index is 13.6. The molecule has 9 heteroatoms. The molecule has 0 unspecified atom stereocenters. The summed E-state index contributed by atoms with van der Waals surface area (Å²) in [6, 6.07) is 7.34. The van der Waals surface area contributed by atoms with E-state index in [4.69, 9.17) is 9.47 Å². The fourth-order valence-electron chi connectivity index (χ4n) is 2.81. The molecule has 0 N–H and O–H groups in total. The SMILES string of the molecule is COc1ccn2c(=O)c(-c3ccc(OCC4CC4)cc3)c(C(F)(F)F)nc2n1. The quantitative estimate of drug-likeness (QED) is 0.665. The molecule has 4 rings (SSSR count). The lowest BCUT2D eigenvalue weighted by Crippen LogP contribution is -2.24. The highest BCUT2D eigenvalue weighted by Gasteiger charge is 2.38. The van der Waals surface area contributed by atoms with Crippen molar-refractivity contribution in [1.29, 1.82) is 0 Å². The van der Waals surface area contributed by atoms with Gasteiger partial charge in [-0.3, -0.25) is 9.20 Å². The second-order valence-corrected chi connectivity index (χ2v) is 6.56. The highest BCUT2D eigenvalue weighted by atomic mass is 19.4. The monoisotopic (exact) mass is 391 g/mol. The van der Waals surface area contributed by atoms with Gasteiger partial charge in [-0.2, -0.15) is 18.2 Å². The molecule has 2 heterocycles. The molecule has 3 aromatic rings. The maximum Gasteiger partial charge on any atom is 0.434 e. The number of hydrogen-bond donors (Lipinski definition) is 0. The summed E-state index contributed by atoms with van der Waals surface area (Å²) in [6.45, 7) is 0.584. The fraction of sp³-hybridized carbons (Fsp3) is 0.316. The van der Waals surface area contributed by atoms with E-state index in [0.717, 1.165) is 17.2 Å². The van der Waals surface area contributed by atoms with E-state index in [9.17, 15) is 18.0 Å². The number of nitrogens with zero attached hydrogens (tertiary/aromatic N) is 3. The van der Waals surface area contributed by atoms with E-state index in [1.165, 1.54) is 31.5 Å². The summed E-state index contributed by atoms with van der Waals surface area (Å²) in [7, 11) is 1.32. The zero-order valence-corrected chi connectivity index (χ0v) is 14.9. The first-order valence-corrected chi connectivity index (χ1v) is 8.64. The molecule has 1 aliphatic carbocycles. The predicted molar refractivity (Wildman–Crippen MR) is 94.5 cm³/mol. The van der Waals surface area contributed by atoms with Gasteiger partial charge in [0.15, 0.2) is 5.69 Å². The minimum absolute atomic E-state index is 0.0601. The summed E-state index contributed by atoms with van der Waals surface area (Å²) < 4.78 is 52.3. The van der Waals surface area contributed by atoms with E-state index in [-0.39, 0.29) is 17.2 Å². The van der Waals surface area contributed by atoms with E-state index < -0.39 is 23.0 Å². The predicted octanol–water partition coefficient (Wildman–Crippen LogP) is 3.57. The van der Waals surface area contributed by atoms with Gasteiger partial charge in [0.2, 0.25) is 11.7 Å². The van der Waals surface area contributed by atoms with Gasteiger partial charge in [0.1, 0.15) is 5.75 Å². The van der Waals surface area contributed by atoms with Gasteiger partial charge in [-0.15, -0.1) is 0 Å². The van der Waals surface area contributed by atoms with Crippen molar-refractivity contribution in [2.45, 2.75) is 19.0 Å². The van der Waals surface area contributed by atoms with Crippen molar-refractivity contribution in [1.82, 2.24) is 14.4 Å². The smallest absolute Gasteiger partial charge is 0.434 e. The normalized spacial score (nSPS) is 14.3. The van der Waals surface area contributed by atoms with Crippen LogP contribution in [0.3, 0.4) is 0 Å². The van der Waals surface area contributed by atoms with Crippen LogP contribution < -0.4 is 15.0 Å². The van der Waals surface area contributed by atoms with Gasteiger partial charge >= 0.3 is 6.18 Å². The highest BCUT2D eigenvalue weighted by molar-refractivity contribution is 5.67. The third-order valence-electron chi connectivity index (χ3n) is 4.48. The first-order valence-electron chi connectivity index (χ1n) is 8.64. The molecule has 146 valence electrons. The molecule has 1 fully saturated rings. The minimum Gasteiger partial charge on any atom is -0.493 e. The van der Waals surface area contributed by atoms with E-state index in [1.807, 2.05) is 0 Å². The Hall–Kier alpha value is -3.10. The number of halogens is 3. The number of methoxy groups -OCH3 is 1. The lowest BCUT2D eigenvalue weighted by atomic mass is 10.0. The Morgan fingerprint density at radius 3 is 2.46 bits per heavy atom. The van der Waals surface area contributed by atoms with Crippen LogP contribution in [-0.4, -0.2) is 28.1 Å². The number of benzene rings is 1. The van der Waals surface area contributed by atoms with Crippen LogP contribution in [0.15, 0.2) is 41.3 Å². The summed E-state index contributed by atoms with van der Waals surface area (Å²) >= 11 is 0. The van der Waals surface area contributed by atoms with Crippen molar-refractivity contribution in [3.8, 4) is 22.8 Å². The van der Waals surface area contributed by atoms with Gasteiger partial charge in [0.25, 0.3) is 5.56 Å². The van der Waals surface area contributed by atoms with E-state index >= 15 is 0 Å². The van der Waals surface area contributed by atoms with Crippen molar-refractivity contribution in [3.05, 3.63) is 52.6 Å². The molecule has 0 atom stereocenters. The zero-order valence-electron chi connectivity index (χ0n) is 14.9. The van der Waals surface area contributed by atoms with Gasteiger partial charge in [-0.05, 0) is 36.5 Å². The van der Waals surface area contributed by atoms with E-state index in [2.05, 4.69) is 9.97 Å². The van der Waals surface area contributed by atoms with Gasteiger partial charge in [-0.25, -0.2) is 4.98 Å². The molecule has 2 aromatic heterocycles. The fourth-order valence-corrected chi connectivity index (χ4v) is 2.81.